The van der Waals surface area contributed by atoms with Crippen molar-refractivity contribution in [3.8, 4) is 0 Å². The van der Waals surface area contributed by atoms with E-state index in [4.69, 9.17) is 10.5 Å². The fourth-order valence-corrected chi connectivity index (χ4v) is 2.23. The minimum absolute atomic E-state index is 0. The molecule has 1 amide bonds. The molecule has 0 saturated heterocycles. The molecule has 0 heterocycles. The maximum atomic E-state index is 12.3. The van der Waals surface area contributed by atoms with Gasteiger partial charge in [-0.2, -0.15) is 0 Å². The minimum Gasteiger partial charge on any atom is -0.375 e. The summed E-state index contributed by atoms with van der Waals surface area (Å²) < 4.78 is 5.61. The highest BCUT2D eigenvalue weighted by atomic mass is 35.5. The van der Waals surface area contributed by atoms with Crippen molar-refractivity contribution in [2.75, 3.05) is 20.2 Å². The largest absolute Gasteiger partial charge is 0.375 e. The number of carbonyl (C=O) groups excluding carboxylic acids is 1. The molecule has 0 aliphatic carbocycles. The van der Waals surface area contributed by atoms with E-state index in [1.807, 2.05) is 61.5 Å². The highest BCUT2D eigenvalue weighted by Crippen LogP contribution is 2.13. The molecule has 0 aliphatic rings. The lowest BCUT2D eigenvalue weighted by atomic mass is 10.1. The third-order valence-electron chi connectivity index (χ3n) is 3.76. The molecule has 0 spiro atoms. The van der Waals surface area contributed by atoms with E-state index in [-0.39, 0.29) is 18.3 Å². The van der Waals surface area contributed by atoms with Crippen LogP contribution in [0.3, 0.4) is 0 Å². The number of hydrogen-bond donors (Lipinski definition) is 1. The average Bonchev–Trinajstić information content (AvgIpc) is 2.59. The van der Waals surface area contributed by atoms with Crippen molar-refractivity contribution >= 4 is 18.3 Å². The lowest BCUT2D eigenvalue weighted by Crippen LogP contribution is -2.37. The fourth-order valence-electron chi connectivity index (χ4n) is 2.23. The third kappa shape index (κ3) is 5.96. The van der Waals surface area contributed by atoms with Gasteiger partial charge in [-0.05, 0) is 18.1 Å². The first-order chi connectivity index (χ1) is 11.1. The SMILES string of the molecule is Cc1ccc(C(N)C(=O)N(C)CCOCc2ccccc2)cc1.Cl. The van der Waals surface area contributed by atoms with Crippen molar-refractivity contribution in [3.63, 3.8) is 0 Å². The standard InChI is InChI=1S/C19H24N2O2.ClH/c1-15-8-10-17(11-9-15)18(20)19(22)21(2)12-13-23-14-16-6-4-3-5-7-16;/h3-11,18H,12-14,20H2,1-2H3;1H. The van der Waals surface area contributed by atoms with Crippen LogP contribution in [-0.2, 0) is 16.1 Å². The first-order valence-corrected chi connectivity index (χ1v) is 7.76. The van der Waals surface area contributed by atoms with E-state index in [0.717, 1.165) is 16.7 Å². The maximum absolute atomic E-state index is 12.3. The van der Waals surface area contributed by atoms with E-state index in [2.05, 4.69) is 0 Å². The molecular formula is C19H25ClN2O2. The summed E-state index contributed by atoms with van der Waals surface area (Å²) in [5.41, 5.74) is 9.16. The van der Waals surface area contributed by atoms with E-state index in [0.29, 0.717) is 19.8 Å². The molecule has 0 radical (unpaired) electrons. The lowest BCUT2D eigenvalue weighted by molar-refractivity contribution is -0.132. The van der Waals surface area contributed by atoms with Gasteiger partial charge in [-0.3, -0.25) is 4.79 Å². The number of halogens is 1. The number of aryl methyl sites for hydroxylation is 1. The molecule has 0 aromatic heterocycles. The molecule has 2 rings (SSSR count). The second kappa shape index (κ2) is 10.1. The summed E-state index contributed by atoms with van der Waals surface area (Å²) in [6, 6.07) is 17.1. The van der Waals surface area contributed by atoms with Crippen LogP contribution < -0.4 is 5.73 Å². The second-order valence-corrected chi connectivity index (χ2v) is 5.69. The Morgan fingerprint density at radius 2 is 1.75 bits per heavy atom. The Hall–Kier alpha value is -1.88. The zero-order chi connectivity index (χ0) is 16.7. The molecule has 24 heavy (non-hydrogen) atoms. The van der Waals surface area contributed by atoms with Gasteiger partial charge in [-0.1, -0.05) is 60.2 Å². The third-order valence-corrected chi connectivity index (χ3v) is 3.76. The van der Waals surface area contributed by atoms with Crippen LogP contribution >= 0.6 is 12.4 Å². The molecule has 0 fully saturated rings. The van der Waals surface area contributed by atoms with Gasteiger partial charge in [0.1, 0.15) is 6.04 Å². The molecule has 2 N–H and O–H groups in total. The Morgan fingerprint density at radius 1 is 1.12 bits per heavy atom. The first kappa shape index (κ1) is 20.2. The summed E-state index contributed by atoms with van der Waals surface area (Å²) in [5, 5.41) is 0. The van der Waals surface area contributed by atoms with Crippen molar-refractivity contribution in [3.05, 3.63) is 71.3 Å². The number of amides is 1. The predicted octanol–water partition coefficient (Wildman–Crippen LogP) is 3.09. The molecule has 2 aromatic carbocycles. The number of nitrogens with zero attached hydrogens (tertiary/aromatic N) is 1. The van der Waals surface area contributed by atoms with E-state index in [9.17, 15) is 4.79 Å². The molecule has 0 aliphatic heterocycles. The highest BCUT2D eigenvalue weighted by molar-refractivity contribution is 5.85. The Labute approximate surface area is 150 Å². The van der Waals surface area contributed by atoms with Crippen LogP contribution in [-0.4, -0.2) is 31.0 Å². The van der Waals surface area contributed by atoms with Crippen molar-refractivity contribution in [1.82, 2.24) is 4.90 Å². The highest BCUT2D eigenvalue weighted by Gasteiger charge is 2.19. The predicted molar refractivity (Wildman–Crippen MR) is 99.1 cm³/mol. The fraction of sp³-hybridized carbons (Fsp3) is 0.316. The molecule has 1 atom stereocenters. The van der Waals surface area contributed by atoms with Gasteiger partial charge in [-0.15, -0.1) is 12.4 Å². The van der Waals surface area contributed by atoms with Crippen LogP contribution in [0.15, 0.2) is 54.6 Å². The van der Waals surface area contributed by atoms with Crippen molar-refractivity contribution in [1.29, 1.82) is 0 Å². The summed E-state index contributed by atoms with van der Waals surface area (Å²) in [7, 11) is 1.75. The molecule has 0 saturated carbocycles. The minimum atomic E-state index is -0.630. The van der Waals surface area contributed by atoms with Crippen LogP contribution in [0.1, 0.15) is 22.7 Å². The number of ether oxygens (including phenoxy) is 1. The summed E-state index contributed by atoms with van der Waals surface area (Å²) in [4.78, 5) is 14.0. The first-order valence-electron chi connectivity index (χ1n) is 7.76. The number of benzene rings is 2. The Balaban J connectivity index is 0.00000288. The maximum Gasteiger partial charge on any atom is 0.243 e. The lowest BCUT2D eigenvalue weighted by Gasteiger charge is -2.21. The van der Waals surface area contributed by atoms with Crippen molar-refractivity contribution < 1.29 is 9.53 Å². The van der Waals surface area contributed by atoms with Crippen molar-refractivity contribution in [2.24, 2.45) is 5.73 Å². The van der Waals surface area contributed by atoms with Gasteiger partial charge in [-0.25, -0.2) is 0 Å². The second-order valence-electron chi connectivity index (χ2n) is 5.69. The number of carbonyl (C=O) groups is 1. The van der Waals surface area contributed by atoms with Crippen LogP contribution in [0.25, 0.3) is 0 Å². The molecule has 0 bridgehead atoms. The zero-order valence-corrected chi connectivity index (χ0v) is 15.0. The van der Waals surface area contributed by atoms with Gasteiger partial charge in [0, 0.05) is 13.6 Å². The molecule has 1 unspecified atom stereocenters. The van der Waals surface area contributed by atoms with Crippen LogP contribution in [0, 0.1) is 6.92 Å². The van der Waals surface area contributed by atoms with Gasteiger partial charge >= 0.3 is 0 Å². The summed E-state index contributed by atoms with van der Waals surface area (Å²) in [6.07, 6.45) is 0. The van der Waals surface area contributed by atoms with Crippen molar-refractivity contribution in [2.45, 2.75) is 19.6 Å². The number of likely N-dealkylation sites (N-methyl/N-ethyl adjacent to an activating group) is 1. The smallest absolute Gasteiger partial charge is 0.243 e. The topological polar surface area (TPSA) is 55.6 Å². The zero-order valence-electron chi connectivity index (χ0n) is 14.1. The molecular weight excluding hydrogens is 324 g/mol. The summed E-state index contributed by atoms with van der Waals surface area (Å²) >= 11 is 0. The van der Waals surface area contributed by atoms with Crippen LogP contribution in [0.5, 0.6) is 0 Å². The number of nitrogens with two attached hydrogens (primary N) is 1. The van der Waals surface area contributed by atoms with Crippen LogP contribution in [0.2, 0.25) is 0 Å². The van der Waals surface area contributed by atoms with Gasteiger partial charge in [0.25, 0.3) is 0 Å². The average molecular weight is 349 g/mol. The monoisotopic (exact) mass is 348 g/mol. The van der Waals surface area contributed by atoms with Gasteiger partial charge in [0.2, 0.25) is 5.91 Å². The Kier molecular flexibility index (Phi) is 8.47. The normalized spacial score (nSPS) is 11.5. The van der Waals surface area contributed by atoms with Gasteiger partial charge in [0.05, 0.1) is 13.2 Å². The quantitative estimate of drug-likeness (QED) is 0.782. The van der Waals surface area contributed by atoms with E-state index >= 15 is 0 Å². The van der Waals surface area contributed by atoms with E-state index in [1.165, 1.54) is 0 Å². The molecule has 130 valence electrons. The van der Waals surface area contributed by atoms with E-state index in [1.54, 1.807) is 11.9 Å². The van der Waals surface area contributed by atoms with Gasteiger partial charge in [0.15, 0.2) is 0 Å². The molecule has 5 heteroatoms. The van der Waals surface area contributed by atoms with Gasteiger partial charge < -0.3 is 15.4 Å². The van der Waals surface area contributed by atoms with E-state index < -0.39 is 6.04 Å². The molecule has 4 nitrogen and oxygen atoms in total. The summed E-state index contributed by atoms with van der Waals surface area (Å²) in [5.74, 6) is -0.0998. The molecule has 2 aromatic rings. The Bertz CT molecular complexity index is 617. The Morgan fingerprint density at radius 3 is 2.38 bits per heavy atom. The summed E-state index contributed by atoms with van der Waals surface area (Å²) in [6.45, 7) is 3.56. The number of hydrogen-bond acceptors (Lipinski definition) is 3. The van der Waals surface area contributed by atoms with Crippen LogP contribution in [0.4, 0.5) is 0 Å². The number of rotatable bonds is 7.